The topological polar surface area (TPSA) is 21.3 Å². The van der Waals surface area contributed by atoms with E-state index < -0.39 is 0 Å². The van der Waals surface area contributed by atoms with Gasteiger partial charge in [-0.05, 0) is 36.5 Å². The van der Waals surface area contributed by atoms with Crippen molar-refractivity contribution in [3.05, 3.63) is 29.8 Å². The third-order valence-electron chi connectivity index (χ3n) is 3.90. The predicted molar refractivity (Wildman–Crippen MR) is 87.3 cm³/mol. The number of hydrogen-bond acceptors (Lipinski definition) is 3. The van der Waals surface area contributed by atoms with Gasteiger partial charge < -0.3 is 10.1 Å². The van der Waals surface area contributed by atoms with Crippen molar-refractivity contribution in [3.63, 3.8) is 0 Å². The highest BCUT2D eigenvalue weighted by molar-refractivity contribution is 8.00. The average molecular weight is 293 g/mol. The number of hydrogen-bond donors (Lipinski definition) is 1. The molecule has 1 aromatic rings. The van der Waals surface area contributed by atoms with Gasteiger partial charge in [-0.2, -0.15) is 0 Å². The van der Waals surface area contributed by atoms with Gasteiger partial charge in [0.05, 0.1) is 6.61 Å². The molecule has 112 valence electrons. The van der Waals surface area contributed by atoms with Gasteiger partial charge >= 0.3 is 0 Å². The summed E-state index contributed by atoms with van der Waals surface area (Å²) in [5.74, 6) is 0.903. The zero-order chi connectivity index (χ0) is 14.2. The fourth-order valence-corrected chi connectivity index (χ4v) is 4.28. The van der Waals surface area contributed by atoms with Gasteiger partial charge in [0, 0.05) is 30.3 Å². The minimum Gasteiger partial charge on any atom is -0.383 e. The Balaban J connectivity index is 1.82. The molecule has 2 nitrogen and oxygen atoms in total. The fraction of sp³-hybridized carbons (Fsp3) is 0.647. The second kappa shape index (κ2) is 8.71. The van der Waals surface area contributed by atoms with Crippen LogP contribution in [0.25, 0.3) is 0 Å². The standard InChI is InChI=1S/C17H27NOS/c1-14-5-3-7-16(11-14)20-17-8-4-6-15(12-17)13-18-9-10-19-2/h4,6,8,12,14,16,18H,3,5,7,9-11,13H2,1-2H3. The normalized spacial score (nSPS) is 22.9. The van der Waals surface area contributed by atoms with Crippen LogP contribution in [-0.2, 0) is 11.3 Å². The summed E-state index contributed by atoms with van der Waals surface area (Å²) in [7, 11) is 1.74. The second-order valence-corrected chi connectivity index (χ2v) is 7.20. The van der Waals surface area contributed by atoms with E-state index in [-0.39, 0.29) is 0 Å². The summed E-state index contributed by atoms with van der Waals surface area (Å²) in [6.45, 7) is 5.00. The van der Waals surface area contributed by atoms with Crippen LogP contribution in [0.15, 0.2) is 29.2 Å². The number of benzene rings is 1. The van der Waals surface area contributed by atoms with Crippen molar-refractivity contribution in [2.75, 3.05) is 20.3 Å². The molecule has 0 aromatic heterocycles. The third-order valence-corrected chi connectivity index (χ3v) is 5.19. The first-order valence-electron chi connectivity index (χ1n) is 7.73. The zero-order valence-corrected chi connectivity index (χ0v) is 13.5. The van der Waals surface area contributed by atoms with Crippen LogP contribution in [0.5, 0.6) is 0 Å². The lowest BCUT2D eigenvalue weighted by atomic mass is 9.91. The van der Waals surface area contributed by atoms with Crippen LogP contribution in [0.3, 0.4) is 0 Å². The fourth-order valence-electron chi connectivity index (χ4n) is 2.81. The molecule has 2 rings (SSSR count). The highest BCUT2D eigenvalue weighted by Gasteiger charge is 2.19. The summed E-state index contributed by atoms with van der Waals surface area (Å²) in [5, 5.41) is 4.22. The molecule has 1 N–H and O–H groups in total. The van der Waals surface area contributed by atoms with Gasteiger partial charge in [-0.3, -0.25) is 0 Å². The number of methoxy groups -OCH3 is 1. The van der Waals surface area contributed by atoms with Crippen molar-refractivity contribution in [2.24, 2.45) is 5.92 Å². The number of ether oxygens (including phenoxy) is 1. The SMILES string of the molecule is COCCNCc1cccc(SC2CCCC(C)C2)c1. The Morgan fingerprint density at radius 2 is 2.25 bits per heavy atom. The van der Waals surface area contributed by atoms with Crippen molar-refractivity contribution in [3.8, 4) is 0 Å². The molecular formula is C17H27NOS. The largest absolute Gasteiger partial charge is 0.383 e. The molecule has 0 heterocycles. The third kappa shape index (κ3) is 5.47. The zero-order valence-electron chi connectivity index (χ0n) is 12.7. The minimum atomic E-state index is 0.772. The van der Waals surface area contributed by atoms with E-state index in [0.29, 0.717) is 0 Å². The van der Waals surface area contributed by atoms with E-state index in [1.54, 1.807) is 7.11 Å². The molecule has 1 aliphatic carbocycles. The first-order valence-corrected chi connectivity index (χ1v) is 8.61. The van der Waals surface area contributed by atoms with E-state index in [4.69, 9.17) is 4.74 Å². The molecule has 3 heteroatoms. The second-order valence-electron chi connectivity index (χ2n) is 5.83. The molecule has 2 unspecified atom stereocenters. The molecule has 0 saturated heterocycles. The van der Waals surface area contributed by atoms with Crippen LogP contribution in [0.2, 0.25) is 0 Å². The highest BCUT2D eigenvalue weighted by atomic mass is 32.2. The van der Waals surface area contributed by atoms with Crippen molar-refractivity contribution in [1.29, 1.82) is 0 Å². The van der Waals surface area contributed by atoms with E-state index >= 15 is 0 Å². The van der Waals surface area contributed by atoms with E-state index in [9.17, 15) is 0 Å². The number of thioether (sulfide) groups is 1. The lowest BCUT2D eigenvalue weighted by Crippen LogP contribution is -2.18. The molecule has 2 atom stereocenters. The van der Waals surface area contributed by atoms with Crippen LogP contribution in [0, 0.1) is 5.92 Å². The molecule has 0 bridgehead atoms. The average Bonchev–Trinajstić information content (AvgIpc) is 2.44. The quantitative estimate of drug-likeness (QED) is 0.765. The summed E-state index contributed by atoms with van der Waals surface area (Å²) >= 11 is 2.07. The molecule has 0 spiro atoms. The molecule has 0 aliphatic heterocycles. The summed E-state index contributed by atoms with van der Waals surface area (Å²) in [6.07, 6.45) is 5.57. The summed E-state index contributed by atoms with van der Waals surface area (Å²) in [6, 6.07) is 8.97. The van der Waals surface area contributed by atoms with Gasteiger partial charge in [0.1, 0.15) is 0 Å². The summed E-state index contributed by atoms with van der Waals surface area (Å²) in [5.41, 5.74) is 1.37. The van der Waals surface area contributed by atoms with Crippen LogP contribution >= 0.6 is 11.8 Å². The molecular weight excluding hydrogens is 266 g/mol. The van der Waals surface area contributed by atoms with Crippen LogP contribution in [0.4, 0.5) is 0 Å². The molecule has 20 heavy (non-hydrogen) atoms. The molecule has 0 amide bonds. The van der Waals surface area contributed by atoms with Gasteiger partial charge in [0.15, 0.2) is 0 Å². The molecule has 1 saturated carbocycles. The summed E-state index contributed by atoms with van der Waals surface area (Å²) < 4.78 is 5.05. The maximum Gasteiger partial charge on any atom is 0.0587 e. The lowest BCUT2D eigenvalue weighted by Gasteiger charge is -2.26. The van der Waals surface area contributed by atoms with E-state index in [1.807, 2.05) is 0 Å². The predicted octanol–water partition coefficient (Wildman–Crippen LogP) is 4.09. The molecule has 0 radical (unpaired) electrons. The van der Waals surface area contributed by atoms with Gasteiger partial charge in [0.2, 0.25) is 0 Å². The first kappa shape index (κ1) is 15.9. The minimum absolute atomic E-state index is 0.772. The van der Waals surface area contributed by atoms with Crippen LogP contribution in [-0.4, -0.2) is 25.5 Å². The van der Waals surface area contributed by atoms with Gasteiger partial charge in [-0.15, -0.1) is 11.8 Å². The number of nitrogens with one attached hydrogen (secondary N) is 1. The maximum atomic E-state index is 5.05. The molecule has 1 fully saturated rings. The van der Waals surface area contributed by atoms with Gasteiger partial charge in [-0.1, -0.05) is 31.9 Å². The van der Waals surface area contributed by atoms with Crippen molar-refractivity contribution in [1.82, 2.24) is 5.32 Å². The van der Waals surface area contributed by atoms with Gasteiger partial charge in [0.25, 0.3) is 0 Å². The molecule has 1 aliphatic rings. The Morgan fingerprint density at radius 1 is 1.35 bits per heavy atom. The smallest absolute Gasteiger partial charge is 0.0587 e. The Morgan fingerprint density at radius 3 is 3.05 bits per heavy atom. The Labute approximate surface area is 127 Å². The van der Waals surface area contributed by atoms with E-state index in [1.165, 1.54) is 36.1 Å². The Hall–Kier alpha value is -0.510. The highest BCUT2D eigenvalue weighted by Crippen LogP contribution is 2.36. The number of rotatable bonds is 7. The van der Waals surface area contributed by atoms with Crippen molar-refractivity contribution < 1.29 is 4.74 Å². The van der Waals surface area contributed by atoms with Crippen molar-refractivity contribution >= 4 is 11.8 Å². The van der Waals surface area contributed by atoms with Crippen molar-refractivity contribution in [2.45, 2.75) is 49.3 Å². The van der Waals surface area contributed by atoms with Gasteiger partial charge in [-0.25, -0.2) is 0 Å². The molecule has 1 aromatic carbocycles. The van der Waals surface area contributed by atoms with Crippen LogP contribution in [0.1, 0.15) is 38.2 Å². The summed E-state index contributed by atoms with van der Waals surface area (Å²) in [4.78, 5) is 1.43. The van der Waals surface area contributed by atoms with E-state index in [2.05, 4.69) is 48.3 Å². The van der Waals surface area contributed by atoms with E-state index in [0.717, 1.165) is 30.9 Å². The maximum absolute atomic E-state index is 5.05. The van der Waals surface area contributed by atoms with Crippen LogP contribution < -0.4 is 5.32 Å². The Kier molecular flexibility index (Phi) is 6.91. The first-order chi connectivity index (χ1) is 9.78. The monoisotopic (exact) mass is 293 g/mol. The lowest BCUT2D eigenvalue weighted by molar-refractivity contribution is 0.199. The Bertz CT molecular complexity index is 396.